The lowest BCUT2D eigenvalue weighted by Crippen LogP contribution is -2.47. The largest absolute Gasteiger partial charge is 0.395 e. The molecule has 0 bridgehead atoms. The molecule has 3 amide bonds. The van der Waals surface area contributed by atoms with Gasteiger partial charge in [0.1, 0.15) is 0 Å². The molecule has 0 spiro atoms. The van der Waals surface area contributed by atoms with Crippen molar-refractivity contribution in [2.24, 2.45) is 0 Å². The van der Waals surface area contributed by atoms with E-state index in [2.05, 4.69) is 22.5 Å². The van der Waals surface area contributed by atoms with Crippen molar-refractivity contribution in [3.05, 3.63) is 65.2 Å². The van der Waals surface area contributed by atoms with Gasteiger partial charge in [-0.1, -0.05) is 63.8 Å². The standard InChI is InChI=1S/C26H29N3O7S3/c30-14-16-38-37-15-12-24(31)28-17-23(39(34,35)36)26(33)27-13-11-25(32)29-18-21-7-2-1-5-19(21)9-10-20-6-3-4-8-22(20)29/h1-8,23,30H,11-18H2,(H,27,33)(H,28,31)(H,34,35,36). The summed E-state index contributed by atoms with van der Waals surface area (Å²) in [5.41, 5.74) is 2.97. The zero-order valence-electron chi connectivity index (χ0n) is 21.0. The lowest BCUT2D eigenvalue weighted by Gasteiger charge is -2.26. The molecule has 0 fully saturated rings. The highest BCUT2D eigenvalue weighted by atomic mass is 33.1. The molecule has 1 heterocycles. The summed E-state index contributed by atoms with van der Waals surface area (Å²) >= 11 is 0. The molecule has 2 aromatic carbocycles. The maximum absolute atomic E-state index is 13.2. The number of para-hydroxylation sites is 1. The first-order valence-corrected chi connectivity index (χ1v) is 16.0. The van der Waals surface area contributed by atoms with Crippen LogP contribution in [0.2, 0.25) is 0 Å². The predicted molar refractivity (Wildman–Crippen MR) is 153 cm³/mol. The van der Waals surface area contributed by atoms with Crippen LogP contribution in [0.5, 0.6) is 0 Å². The van der Waals surface area contributed by atoms with E-state index in [0.29, 0.717) is 22.8 Å². The molecule has 3 rings (SSSR count). The fourth-order valence-corrected chi connectivity index (χ4v) is 6.07. The van der Waals surface area contributed by atoms with Crippen molar-refractivity contribution in [1.29, 1.82) is 0 Å². The van der Waals surface area contributed by atoms with Crippen LogP contribution < -0.4 is 15.5 Å². The normalized spacial score (nSPS) is 13.0. The van der Waals surface area contributed by atoms with Crippen LogP contribution in [0.15, 0.2) is 48.5 Å². The molecule has 0 aliphatic carbocycles. The van der Waals surface area contributed by atoms with Gasteiger partial charge in [0.05, 0.1) is 18.8 Å². The number of nitrogens with one attached hydrogen (secondary N) is 2. The Morgan fingerprint density at radius 2 is 1.62 bits per heavy atom. The Kier molecular flexibility index (Phi) is 11.7. The third-order valence-corrected chi connectivity index (χ3v) is 9.11. The summed E-state index contributed by atoms with van der Waals surface area (Å²) in [6.07, 6.45) is -0.0643. The van der Waals surface area contributed by atoms with E-state index in [-0.39, 0.29) is 38.4 Å². The average Bonchev–Trinajstić information content (AvgIpc) is 2.89. The van der Waals surface area contributed by atoms with Crippen LogP contribution in [0.1, 0.15) is 29.5 Å². The van der Waals surface area contributed by atoms with Crippen LogP contribution in [0, 0.1) is 11.8 Å². The molecule has 1 unspecified atom stereocenters. The van der Waals surface area contributed by atoms with E-state index in [1.807, 2.05) is 36.4 Å². The van der Waals surface area contributed by atoms with Gasteiger partial charge >= 0.3 is 0 Å². The summed E-state index contributed by atoms with van der Waals surface area (Å²) < 4.78 is 33.2. The second-order valence-corrected chi connectivity index (χ2v) is 12.7. The molecule has 2 aromatic rings. The van der Waals surface area contributed by atoms with Gasteiger partial charge in [0, 0.05) is 48.6 Å². The molecule has 4 N–H and O–H groups in total. The Balaban J connectivity index is 1.58. The van der Waals surface area contributed by atoms with Gasteiger partial charge in [0.15, 0.2) is 5.25 Å². The highest BCUT2D eigenvalue weighted by Crippen LogP contribution is 2.26. The first kappa shape index (κ1) is 30.5. The molecule has 0 saturated carbocycles. The van der Waals surface area contributed by atoms with Crippen LogP contribution in [0.3, 0.4) is 0 Å². The summed E-state index contributed by atoms with van der Waals surface area (Å²) in [7, 11) is -2.05. The van der Waals surface area contributed by atoms with Crippen LogP contribution >= 0.6 is 21.6 Å². The van der Waals surface area contributed by atoms with Gasteiger partial charge < -0.3 is 20.6 Å². The van der Waals surface area contributed by atoms with Gasteiger partial charge in [-0.2, -0.15) is 8.42 Å². The summed E-state index contributed by atoms with van der Waals surface area (Å²) in [4.78, 5) is 39.4. The van der Waals surface area contributed by atoms with Crippen LogP contribution in [-0.4, -0.2) is 72.3 Å². The molecular weight excluding hydrogens is 563 g/mol. The van der Waals surface area contributed by atoms with E-state index in [1.165, 1.54) is 21.6 Å². The number of benzene rings is 2. The molecule has 1 aliphatic heterocycles. The Labute approximate surface area is 235 Å². The second kappa shape index (κ2) is 14.9. The third-order valence-electron chi connectivity index (χ3n) is 5.62. The first-order valence-electron chi connectivity index (χ1n) is 12.1. The lowest BCUT2D eigenvalue weighted by atomic mass is 10.0. The SMILES string of the molecule is O=C(CCSSCCO)NCC(C(=O)NCCC(=O)N1Cc2ccccc2C#Cc2ccccc21)S(=O)(=O)O. The maximum atomic E-state index is 13.2. The molecule has 39 heavy (non-hydrogen) atoms. The summed E-state index contributed by atoms with van der Waals surface area (Å²) in [5, 5.41) is 11.6. The number of aliphatic hydroxyl groups is 1. The van der Waals surface area contributed by atoms with Crippen LogP contribution in [0.4, 0.5) is 5.69 Å². The number of nitrogens with zero attached hydrogens (tertiary/aromatic N) is 1. The quantitative estimate of drug-likeness (QED) is 0.118. The van der Waals surface area contributed by atoms with Crippen molar-refractivity contribution >= 4 is 55.1 Å². The average molecular weight is 592 g/mol. The van der Waals surface area contributed by atoms with Crippen LogP contribution in [-0.2, 0) is 31.0 Å². The van der Waals surface area contributed by atoms with Gasteiger partial charge in [-0.3, -0.25) is 18.9 Å². The summed E-state index contributed by atoms with van der Waals surface area (Å²) in [6, 6.07) is 14.7. The number of hydrogen-bond donors (Lipinski definition) is 4. The molecule has 13 heteroatoms. The number of rotatable bonds is 13. The fourth-order valence-electron chi connectivity index (χ4n) is 3.67. The molecule has 10 nitrogen and oxygen atoms in total. The highest BCUT2D eigenvalue weighted by molar-refractivity contribution is 8.76. The molecule has 0 saturated heterocycles. The van der Waals surface area contributed by atoms with E-state index in [9.17, 15) is 27.4 Å². The zero-order chi connectivity index (χ0) is 28.3. The van der Waals surface area contributed by atoms with Crippen molar-refractivity contribution in [2.45, 2.75) is 24.6 Å². The number of hydrogen-bond acceptors (Lipinski definition) is 8. The fraction of sp³-hybridized carbons (Fsp3) is 0.346. The molecular formula is C26H29N3O7S3. The monoisotopic (exact) mass is 591 g/mol. The van der Waals surface area contributed by atoms with E-state index in [4.69, 9.17) is 5.11 Å². The van der Waals surface area contributed by atoms with E-state index < -0.39 is 33.7 Å². The van der Waals surface area contributed by atoms with Gasteiger partial charge in [-0.05, 0) is 23.8 Å². The molecule has 1 aliphatic rings. The molecule has 208 valence electrons. The van der Waals surface area contributed by atoms with Crippen molar-refractivity contribution in [1.82, 2.24) is 10.6 Å². The summed E-state index contributed by atoms with van der Waals surface area (Å²) in [6.45, 7) is -0.497. The van der Waals surface area contributed by atoms with Gasteiger partial charge in [-0.15, -0.1) is 0 Å². The maximum Gasteiger partial charge on any atom is 0.278 e. The van der Waals surface area contributed by atoms with Crippen LogP contribution in [0.25, 0.3) is 0 Å². The van der Waals surface area contributed by atoms with Crippen molar-refractivity contribution in [3.63, 3.8) is 0 Å². The van der Waals surface area contributed by atoms with Crippen molar-refractivity contribution < 1.29 is 32.5 Å². The number of amides is 3. The Morgan fingerprint density at radius 3 is 2.36 bits per heavy atom. The minimum Gasteiger partial charge on any atom is -0.395 e. The number of carbonyl (C=O) groups is 3. The smallest absolute Gasteiger partial charge is 0.278 e. The zero-order valence-corrected chi connectivity index (χ0v) is 23.4. The van der Waals surface area contributed by atoms with E-state index >= 15 is 0 Å². The number of carbonyl (C=O) groups excluding carboxylic acids is 3. The van der Waals surface area contributed by atoms with Gasteiger partial charge in [0.25, 0.3) is 10.1 Å². The third kappa shape index (κ3) is 9.29. The van der Waals surface area contributed by atoms with E-state index in [1.54, 1.807) is 17.0 Å². The lowest BCUT2D eigenvalue weighted by molar-refractivity contribution is -0.121. The Hall–Kier alpha value is -3.02. The molecule has 1 atom stereocenters. The van der Waals surface area contributed by atoms with E-state index in [0.717, 1.165) is 11.1 Å². The summed E-state index contributed by atoms with van der Waals surface area (Å²) in [5.74, 6) is 5.37. The second-order valence-electron chi connectivity index (χ2n) is 8.37. The minimum atomic E-state index is -4.82. The van der Waals surface area contributed by atoms with Gasteiger partial charge in [-0.25, -0.2) is 0 Å². The highest BCUT2D eigenvalue weighted by Gasteiger charge is 2.31. The Morgan fingerprint density at radius 1 is 0.949 bits per heavy atom. The number of aliphatic hydroxyl groups excluding tert-OH is 1. The van der Waals surface area contributed by atoms with Gasteiger partial charge in [0.2, 0.25) is 17.7 Å². The predicted octanol–water partition coefficient (Wildman–Crippen LogP) is 1.58. The Bertz CT molecular complexity index is 1360. The first-order chi connectivity index (χ1) is 18.7. The molecule has 0 radical (unpaired) electrons. The minimum absolute atomic E-state index is 0.0224. The number of fused-ring (bicyclic) bond motifs is 2. The van der Waals surface area contributed by atoms with Crippen molar-refractivity contribution in [3.8, 4) is 11.8 Å². The number of anilines is 1. The molecule has 0 aromatic heterocycles. The topological polar surface area (TPSA) is 153 Å². The van der Waals surface area contributed by atoms with Crippen molar-refractivity contribution in [2.75, 3.05) is 36.1 Å².